The van der Waals surface area contributed by atoms with Gasteiger partial charge in [-0.15, -0.1) is 11.6 Å². The first kappa shape index (κ1) is 11.5. The second kappa shape index (κ2) is 6.05. The lowest BCUT2D eigenvalue weighted by molar-refractivity contribution is 0.430. The second-order valence-electron chi connectivity index (χ2n) is 3.87. The van der Waals surface area contributed by atoms with Crippen LogP contribution in [-0.2, 0) is 6.54 Å². The van der Waals surface area contributed by atoms with Crippen molar-refractivity contribution in [3.8, 4) is 0 Å². The molecule has 1 atom stereocenters. The third-order valence-corrected chi connectivity index (χ3v) is 2.71. The van der Waals surface area contributed by atoms with Crippen molar-refractivity contribution in [2.24, 2.45) is 5.92 Å². The van der Waals surface area contributed by atoms with Gasteiger partial charge in [0.15, 0.2) is 0 Å². The lowest BCUT2D eigenvalue weighted by Gasteiger charge is -2.19. The van der Waals surface area contributed by atoms with E-state index >= 15 is 0 Å². The second-order valence-corrected chi connectivity index (χ2v) is 4.18. The van der Waals surface area contributed by atoms with Crippen LogP contribution in [0.25, 0.3) is 0 Å². The zero-order chi connectivity index (χ0) is 10.4. The Morgan fingerprint density at radius 1 is 1.21 bits per heavy atom. The molecule has 0 aliphatic heterocycles. The quantitative estimate of drug-likeness (QED) is 0.739. The van der Waals surface area contributed by atoms with Gasteiger partial charge in [-0.1, -0.05) is 44.2 Å². The van der Waals surface area contributed by atoms with Gasteiger partial charge in [0.2, 0.25) is 0 Å². The largest absolute Gasteiger partial charge is 0.308 e. The first-order valence-electron chi connectivity index (χ1n) is 5.07. The van der Waals surface area contributed by atoms with Crippen LogP contribution in [0.3, 0.4) is 0 Å². The smallest absolute Gasteiger partial charge is 0.0380 e. The van der Waals surface area contributed by atoms with Crippen molar-refractivity contribution in [3.05, 3.63) is 35.9 Å². The summed E-state index contributed by atoms with van der Waals surface area (Å²) < 4.78 is 0. The van der Waals surface area contributed by atoms with Crippen LogP contribution >= 0.6 is 11.6 Å². The number of hydrogen-bond donors (Lipinski definition) is 1. The minimum Gasteiger partial charge on any atom is -0.308 e. The van der Waals surface area contributed by atoms with Gasteiger partial charge in [0.05, 0.1) is 0 Å². The van der Waals surface area contributed by atoms with Gasteiger partial charge in [-0.25, -0.2) is 0 Å². The highest BCUT2D eigenvalue weighted by Gasteiger charge is 2.10. The van der Waals surface area contributed by atoms with Crippen molar-refractivity contribution in [2.45, 2.75) is 26.4 Å². The SMILES string of the molecule is CC(C)C(CCl)NCc1ccccc1. The summed E-state index contributed by atoms with van der Waals surface area (Å²) in [7, 11) is 0. The molecule has 78 valence electrons. The molecule has 1 rings (SSSR count). The van der Waals surface area contributed by atoms with E-state index in [9.17, 15) is 0 Å². The van der Waals surface area contributed by atoms with E-state index in [1.165, 1.54) is 5.56 Å². The van der Waals surface area contributed by atoms with Gasteiger partial charge in [0.1, 0.15) is 0 Å². The van der Waals surface area contributed by atoms with Gasteiger partial charge in [-0.2, -0.15) is 0 Å². The van der Waals surface area contributed by atoms with E-state index < -0.39 is 0 Å². The minimum atomic E-state index is 0.400. The molecule has 0 heterocycles. The fraction of sp³-hybridized carbons (Fsp3) is 0.500. The maximum atomic E-state index is 5.87. The molecular weight excluding hydrogens is 194 g/mol. The molecule has 1 unspecified atom stereocenters. The van der Waals surface area contributed by atoms with Gasteiger partial charge in [0, 0.05) is 18.5 Å². The van der Waals surface area contributed by atoms with E-state index in [4.69, 9.17) is 11.6 Å². The highest BCUT2D eigenvalue weighted by Crippen LogP contribution is 2.05. The molecule has 2 heteroatoms. The van der Waals surface area contributed by atoms with Crippen LogP contribution in [0, 0.1) is 5.92 Å². The molecule has 14 heavy (non-hydrogen) atoms. The maximum absolute atomic E-state index is 5.87. The Morgan fingerprint density at radius 3 is 2.36 bits per heavy atom. The normalized spacial score (nSPS) is 13.1. The van der Waals surface area contributed by atoms with E-state index in [0.29, 0.717) is 17.8 Å². The van der Waals surface area contributed by atoms with Gasteiger partial charge >= 0.3 is 0 Å². The van der Waals surface area contributed by atoms with Crippen LogP contribution in [0.15, 0.2) is 30.3 Å². The van der Waals surface area contributed by atoms with Crippen LogP contribution < -0.4 is 5.32 Å². The Morgan fingerprint density at radius 2 is 1.86 bits per heavy atom. The molecule has 0 saturated heterocycles. The van der Waals surface area contributed by atoms with Gasteiger partial charge < -0.3 is 5.32 Å². The van der Waals surface area contributed by atoms with E-state index in [-0.39, 0.29) is 0 Å². The average Bonchev–Trinajstić information content (AvgIpc) is 2.20. The summed E-state index contributed by atoms with van der Waals surface area (Å²) in [5.74, 6) is 1.25. The number of alkyl halides is 1. The van der Waals surface area contributed by atoms with Crippen molar-refractivity contribution in [1.29, 1.82) is 0 Å². The standard InChI is InChI=1S/C12H18ClN/c1-10(2)12(8-13)14-9-11-6-4-3-5-7-11/h3-7,10,12,14H,8-9H2,1-2H3. The van der Waals surface area contributed by atoms with Gasteiger partial charge in [-0.3, -0.25) is 0 Å². The minimum absolute atomic E-state index is 0.400. The molecule has 0 radical (unpaired) electrons. The molecule has 0 bridgehead atoms. The first-order valence-corrected chi connectivity index (χ1v) is 5.60. The van der Waals surface area contributed by atoms with Crippen LogP contribution in [-0.4, -0.2) is 11.9 Å². The third kappa shape index (κ3) is 3.69. The predicted octanol–water partition coefficient (Wildman–Crippen LogP) is 3.04. The molecule has 0 saturated carbocycles. The highest BCUT2D eigenvalue weighted by molar-refractivity contribution is 6.18. The summed E-state index contributed by atoms with van der Waals surface area (Å²) in [6.45, 7) is 5.27. The summed E-state index contributed by atoms with van der Waals surface area (Å²) in [6.07, 6.45) is 0. The van der Waals surface area contributed by atoms with Gasteiger partial charge in [0.25, 0.3) is 0 Å². The molecule has 0 aliphatic carbocycles. The number of hydrogen-bond acceptors (Lipinski definition) is 1. The summed E-state index contributed by atoms with van der Waals surface area (Å²) in [6, 6.07) is 10.8. The predicted molar refractivity (Wildman–Crippen MR) is 62.6 cm³/mol. The summed E-state index contributed by atoms with van der Waals surface area (Å²) in [5.41, 5.74) is 1.31. The van der Waals surface area contributed by atoms with E-state index in [2.05, 4.69) is 43.4 Å². The summed E-state index contributed by atoms with van der Waals surface area (Å²) >= 11 is 5.87. The third-order valence-electron chi connectivity index (χ3n) is 2.38. The highest BCUT2D eigenvalue weighted by atomic mass is 35.5. The fourth-order valence-corrected chi connectivity index (χ4v) is 1.78. The number of halogens is 1. The van der Waals surface area contributed by atoms with E-state index in [1.807, 2.05) is 6.07 Å². The molecule has 0 spiro atoms. The average molecular weight is 212 g/mol. The topological polar surface area (TPSA) is 12.0 Å². The molecule has 1 N–H and O–H groups in total. The first-order chi connectivity index (χ1) is 6.74. The van der Waals surface area contributed by atoms with Crippen molar-refractivity contribution >= 4 is 11.6 Å². The molecule has 1 nitrogen and oxygen atoms in total. The summed E-state index contributed by atoms with van der Waals surface area (Å²) in [5, 5.41) is 3.45. The number of rotatable bonds is 5. The molecule has 1 aromatic carbocycles. The van der Waals surface area contributed by atoms with Crippen molar-refractivity contribution in [3.63, 3.8) is 0 Å². The lowest BCUT2D eigenvalue weighted by Crippen LogP contribution is -2.34. The molecular formula is C12H18ClN. The van der Waals surface area contributed by atoms with E-state index in [0.717, 1.165) is 6.54 Å². The Labute approximate surface area is 91.5 Å². The Bertz CT molecular complexity index is 246. The van der Waals surface area contributed by atoms with Crippen LogP contribution in [0.2, 0.25) is 0 Å². The monoisotopic (exact) mass is 211 g/mol. The van der Waals surface area contributed by atoms with E-state index in [1.54, 1.807) is 0 Å². The number of nitrogens with one attached hydrogen (secondary N) is 1. The zero-order valence-corrected chi connectivity index (χ0v) is 9.59. The van der Waals surface area contributed by atoms with Crippen molar-refractivity contribution in [2.75, 3.05) is 5.88 Å². The zero-order valence-electron chi connectivity index (χ0n) is 8.83. The van der Waals surface area contributed by atoms with Crippen LogP contribution in [0.5, 0.6) is 0 Å². The molecule has 1 aromatic rings. The lowest BCUT2D eigenvalue weighted by atomic mass is 10.1. The van der Waals surface area contributed by atoms with Gasteiger partial charge in [-0.05, 0) is 11.5 Å². The molecule has 0 aliphatic rings. The van der Waals surface area contributed by atoms with Crippen LogP contribution in [0.1, 0.15) is 19.4 Å². The molecule has 0 fully saturated rings. The Kier molecular flexibility index (Phi) is 4.99. The maximum Gasteiger partial charge on any atom is 0.0380 e. The molecule has 0 amide bonds. The van der Waals surface area contributed by atoms with Crippen molar-refractivity contribution < 1.29 is 0 Å². The molecule has 0 aromatic heterocycles. The summed E-state index contributed by atoms with van der Waals surface area (Å²) in [4.78, 5) is 0. The Hall–Kier alpha value is -0.530. The van der Waals surface area contributed by atoms with Crippen LogP contribution in [0.4, 0.5) is 0 Å². The number of benzene rings is 1. The Balaban J connectivity index is 2.40. The van der Waals surface area contributed by atoms with Crippen molar-refractivity contribution in [1.82, 2.24) is 5.32 Å². The fourth-order valence-electron chi connectivity index (χ4n) is 1.31.